The molecule has 32 heavy (non-hydrogen) atoms. The molecule has 168 valence electrons. The Hall–Kier alpha value is -3.35. The molecule has 0 radical (unpaired) electrons. The van der Waals surface area contributed by atoms with Gasteiger partial charge in [-0.2, -0.15) is 0 Å². The fourth-order valence-corrected chi connectivity index (χ4v) is 3.87. The molecule has 1 saturated carbocycles. The average molecular weight is 437 g/mol. The van der Waals surface area contributed by atoms with Crippen molar-refractivity contribution in [3.63, 3.8) is 0 Å². The van der Waals surface area contributed by atoms with Crippen LogP contribution >= 0.6 is 0 Å². The van der Waals surface area contributed by atoms with Crippen LogP contribution < -0.4 is 14.2 Å². The Bertz CT molecular complexity index is 1060. The smallest absolute Gasteiger partial charge is 0.226 e. The Morgan fingerprint density at radius 3 is 2.78 bits per heavy atom. The predicted octanol–water partition coefficient (Wildman–Crippen LogP) is 5.28. The van der Waals surface area contributed by atoms with Gasteiger partial charge in [0.2, 0.25) is 5.89 Å². The quantitative estimate of drug-likeness (QED) is 0.400. The molecule has 7 heteroatoms. The molecule has 0 atom stereocenters. The molecule has 2 aromatic heterocycles. The number of aryl methyl sites for hydroxylation is 1. The molecule has 0 aliphatic heterocycles. The van der Waals surface area contributed by atoms with Crippen molar-refractivity contribution in [1.29, 1.82) is 0 Å². The van der Waals surface area contributed by atoms with Crippen molar-refractivity contribution in [3.05, 3.63) is 54.2 Å². The van der Waals surface area contributed by atoms with Crippen molar-refractivity contribution in [1.82, 2.24) is 9.97 Å². The van der Waals surface area contributed by atoms with Gasteiger partial charge in [0, 0.05) is 24.6 Å². The molecule has 1 aromatic carbocycles. The summed E-state index contributed by atoms with van der Waals surface area (Å²) in [4.78, 5) is 21.4. The van der Waals surface area contributed by atoms with Gasteiger partial charge in [0.15, 0.2) is 17.3 Å². The maximum atomic E-state index is 12.6. The van der Waals surface area contributed by atoms with Crippen LogP contribution in [0.3, 0.4) is 0 Å². The summed E-state index contributed by atoms with van der Waals surface area (Å²) in [5.74, 6) is 2.30. The Balaban J connectivity index is 1.44. The van der Waals surface area contributed by atoms with Crippen LogP contribution in [0.25, 0.3) is 11.5 Å². The molecule has 2 heterocycles. The van der Waals surface area contributed by atoms with Gasteiger partial charge in [0.25, 0.3) is 0 Å². The number of carbonyl (C=O) groups excluding carboxylic acids is 1. The lowest BCUT2D eigenvalue weighted by Gasteiger charge is -2.16. The van der Waals surface area contributed by atoms with Gasteiger partial charge in [-0.15, -0.1) is 0 Å². The van der Waals surface area contributed by atoms with Crippen LogP contribution in [0.1, 0.15) is 55.2 Å². The number of oxazole rings is 1. The maximum Gasteiger partial charge on any atom is 0.226 e. The van der Waals surface area contributed by atoms with Crippen LogP contribution in [0.2, 0.25) is 0 Å². The molecular weight excluding hydrogens is 408 g/mol. The predicted molar refractivity (Wildman–Crippen MR) is 119 cm³/mol. The maximum absolute atomic E-state index is 12.6. The lowest BCUT2D eigenvalue weighted by atomic mass is 10.1. The summed E-state index contributed by atoms with van der Waals surface area (Å²) in [5.41, 5.74) is 1.86. The molecule has 0 bridgehead atoms. The molecular formula is C25H28N2O5. The van der Waals surface area contributed by atoms with Crippen molar-refractivity contribution in [2.45, 2.75) is 51.6 Å². The Kier molecular flexibility index (Phi) is 7.04. The van der Waals surface area contributed by atoms with E-state index in [9.17, 15) is 4.79 Å². The first-order chi connectivity index (χ1) is 15.7. The van der Waals surface area contributed by atoms with E-state index in [1.165, 1.54) is 12.8 Å². The number of carbonyl (C=O) groups is 1. The van der Waals surface area contributed by atoms with Crippen LogP contribution in [0.15, 0.2) is 47.2 Å². The first-order valence-corrected chi connectivity index (χ1v) is 11.1. The van der Waals surface area contributed by atoms with Gasteiger partial charge in [-0.25, -0.2) is 9.97 Å². The van der Waals surface area contributed by atoms with E-state index >= 15 is 0 Å². The first-order valence-electron chi connectivity index (χ1n) is 11.1. The summed E-state index contributed by atoms with van der Waals surface area (Å²) in [6.07, 6.45) is 8.63. The Labute approximate surface area is 187 Å². The monoisotopic (exact) mass is 436 g/mol. The number of aromatic nitrogens is 2. The molecule has 1 aliphatic rings. The third-order valence-electron chi connectivity index (χ3n) is 5.50. The molecule has 0 saturated heterocycles. The molecule has 3 aromatic rings. The molecule has 1 aliphatic carbocycles. The largest absolute Gasteiger partial charge is 0.493 e. The highest BCUT2D eigenvalue weighted by atomic mass is 16.5. The zero-order valence-corrected chi connectivity index (χ0v) is 18.5. The number of rotatable bonds is 10. The number of hydrogen-bond acceptors (Lipinski definition) is 7. The van der Waals surface area contributed by atoms with E-state index in [-0.39, 0.29) is 18.3 Å². The third-order valence-corrected chi connectivity index (χ3v) is 5.50. The Morgan fingerprint density at radius 2 is 2.00 bits per heavy atom. The summed E-state index contributed by atoms with van der Waals surface area (Å²) in [6.45, 7) is 2.36. The molecule has 0 spiro atoms. The highest BCUT2D eigenvalue weighted by Crippen LogP contribution is 2.35. The number of ketones is 1. The number of methoxy groups -OCH3 is 1. The number of Topliss-reactive ketones (excluding diaryl/α,β-unsaturated/α-hetero) is 1. The van der Waals surface area contributed by atoms with Gasteiger partial charge in [-0.3, -0.25) is 4.79 Å². The summed E-state index contributed by atoms with van der Waals surface area (Å²) < 4.78 is 22.8. The SMILES string of the molecule is CCOc1cccnc1C(=O)CCc1coc(-c2ccc(OC)c(OC3CCCC3)c2)n1. The normalized spacial score (nSPS) is 13.8. The van der Waals surface area contributed by atoms with E-state index < -0.39 is 0 Å². The summed E-state index contributed by atoms with van der Waals surface area (Å²) in [6, 6.07) is 9.17. The van der Waals surface area contributed by atoms with Crippen molar-refractivity contribution in [2.24, 2.45) is 0 Å². The number of hydrogen-bond donors (Lipinski definition) is 0. The van der Waals surface area contributed by atoms with Gasteiger partial charge in [-0.1, -0.05) is 0 Å². The van der Waals surface area contributed by atoms with Crippen molar-refractivity contribution < 1.29 is 23.4 Å². The average Bonchev–Trinajstić information content (AvgIpc) is 3.50. The minimum atomic E-state index is -0.0877. The first kappa shape index (κ1) is 21.9. The van der Waals surface area contributed by atoms with E-state index in [1.807, 2.05) is 25.1 Å². The van der Waals surface area contributed by atoms with Crippen molar-refractivity contribution in [3.8, 4) is 28.7 Å². The number of pyridine rings is 1. The molecule has 7 nitrogen and oxygen atoms in total. The summed E-state index contributed by atoms with van der Waals surface area (Å²) in [5, 5.41) is 0. The topological polar surface area (TPSA) is 83.7 Å². The Morgan fingerprint density at radius 1 is 1.16 bits per heavy atom. The molecule has 0 unspecified atom stereocenters. The van der Waals surface area contributed by atoms with E-state index in [1.54, 1.807) is 31.7 Å². The van der Waals surface area contributed by atoms with Crippen LogP contribution in [0, 0.1) is 0 Å². The lowest BCUT2D eigenvalue weighted by molar-refractivity contribution is 0.0973. The zero-order valence-electron chi connectivity index (χ0n) is 18.5. The lowest BCUT2D eigenvalue weighted by Crippen LogP contribution is -2.11. The van der Waals surface area contributed by atoms with Gasteiger partial charge in [0.1, 0.15) is 17.7 Å². The number of benzene rings is 1. The van der Waals surface area contributed by atoms with E-state index in [0.717, 1.165) is 18.4 Å². The second-order valence-electron chi connectivity index (χ2n) is 7.74. The van der Waals surface area contributed by atoms with E-state index in [2.05, 4.69) is 9.97 Å². The fourth-order valence-electron chi connectivity index (χ4n) is 3.87. The minimum absolute atomic E-state index is 0.0877. The summed E-state index contributed by atoms with van der Waals surface area (Å²) >= 11 is 0. The van der Waals surface area contributed by atoms with Crippen LogP contribution in [0.5, 0.6) is 17.2 Å². The second-order valence-corrected chi connectivity index (χ2v) is 7.74. The standard InChI is InChI=1S/C25H28N2O5/c1-3-30-22-9-6-14-26-24(22)20(28)12-11-18-16-31-25(27-18)17-10-13-21(29-2)23(15-17)32-19-7-4-5-8-19/h6,9-10,13-16,19H,3-5,7-8,11-12H2,1-2H3. The van der Waals surface area contributed by atoms with Crippen molar-refractivity contribution >= 4 is 5.78 Å². The minimum Gasteiger partial charge on any atom is -0.493 e. The van der Waals surface area contributed by atoms with Crippen LogP contribution in [-0.4, -0.2) is 35.6 Å². The second kappa shape index (κ2) is 10.3. The van der Waals surface area contributed by atoms with Gasteiger partial charge in [-0.05, 0) is 62.9 Å². The number of ether oxygens (including phenoxy) is 3. The van der Waals surface area contributed by atoms with Crippen molar-refractivity contribution in [2.75, 3.05) is 13.7 Å². The highest BCUT2D eigenvalue weighted by Gasteiger charge is 2.20. The van der Waals surface area contributed by atoms with Crippen LogP contribution in [0.4, 0.5) is 0 Å². The number of nitrogens with zero attached hydrogens (tertiary/aromatic N) is 2. The molecule has 0 N–H and O–H groups in total. The fraction of sp³-hybridized carbons (Fsp3) is 0.400. The molecule has 4 rings (SSSR count). The molecule has 1 fully saturated rings. The third kappa shape index (κ3) is 5.10. The zero-order chi connectivity index (χ0) is 22.3. The van der Waals surface area contributed by atoms with Gasteiger partial charge >= 0.3 is 0 Å². The van der Waals surface area contributed by atoms with Gasteiger partial charge in [0.05, 0.1) is 25.5 Å². The molecule has 0 amide bonds. The van der Waals surface area contributed by atoms with Crippen LogP contribution in [-0.2, 0) is 6.42 Å². The highest BCUT2D eigenvalue weighted by molar-refractivity contribution is 5.96. The van der Waals surface area contributed by atoms with Gasteiger partial charge < -0.3 is 18.6 Å². The van der Waals surface area contributed by atoms with E-state index in [4.69, 9.17) is 18.6 Å². The summed E-state index contributed by atoms with van der Waals surface area (Å²) in [7, 11) is 1.63. The van der Waals surface area contributed by atoms with E-state index in [0.29, 0.717) is 47.6 Å².